The highest BCUT2D eigenvalue weighted by molar-refractivity contribution is 6.31. The van der Waals surface area contributed by atoms with E-state index in [9.17, 15) is 4.79 Å². The van der Waals surface area contributed by atoms with Gasteiger partial charge in [0.1, 0.15) is 5.82 Å². The second-order valence-corrected chi connectivity index (χ2v) is 6.65. The normalized spacial score (nSPS) is 13.2. The van der Waals surface area contributed by atoms with Crippen LogP contribution in [-0.2, 0) is 6.42 Å². The van der Waals surface area contributed by atoms with E-state index in [0.29, 0.717) is 28.6 Å². The number of carbonyl (C=O) groups is 1. The van der Waals surface area contributed by atoms with E-state index in [2.05, 4.69) is 20.6 Å². The smallest absolute Gasteiger partial charge is 0.255 e. The molecule has 7 heteroatoms. The number of anilines is 3. The van der Waals surface area contributed by atoms with Crippen molar-refractivity contribution >= 4 is 34.7 Å². The molecule has 132 valence electrons. The van der Waals surface area contributed by atoms with Crippen LogP contribution in [0.2, 0.25) is 5.02 Å². The van der Waals surface area contributed by atoms with Gasteiger partial charge in [0, 0.05) is 41.1 Å². The molecule has 1 amide bonds. The molecule has 3 heterocycles. The van der Waals surface area contributed by atoms with E-state index >= 15 is 0 Å². The highest BCUT2D eigenvalue weighted by Gasteiger charge is 2.27. The molecule has 1 aliphatic rings. The van der Waals surface area contributed by atoms with Crippen LogP contribution in [0.5, 0.6) is 0 Å². The van der Waals surface area contributed by atoms with Crippen LogP contribution >= 0.6 is 11.6 Å². The zero-order chi connectivity index (χ0) is 18.3. The SMILES string of the molecule is Cc1c(Cl)cccc1Nc1c(-c2ccnc(N)c2)[nH]c2c1C(=O)NCC2. The number of carbonyl (C=O) groups excluding carboxylic acids is 1. The van der Waals surface area contributed by atoms with Crippen molar-refractivity contribution in [3.8, 4) is 11.3 Å². The van der Waals surface area contributed by atoms with Gasteiger partial charge in [0.25, 0.3) is 5.91 Å². The van der Waals surface area contributed by atoms with Crippen molar-refractivity contribution in [1.82, 2.24) is 15.3 Å². The van der Waals surface area contributed by atoms with Crippen LogP contribution in [0.25, 0.3) is 11.3 Å². The van der Waals surface area contributed by atoms with Crippen LogP contribution in [0.4, 0.5) is 17.2 Å². The number of benzene rings is 1. The minimum absolute atomic E-state index is 0.0991. The highest BCUT2D eigenvalue weighted by Crippen LogP contribution is 2.38. The van der Waals surface area contributed by atoms with Crippen LogP contribution in [0.15, 0.2) is 36.5 Å². The number of halogens is 1. The van der Waals surface area contributed by atoms with Gasteiger partial charge < -0.3 is 21.4 Å². The van der Waals surface area contributed by atoms with Crippen LogP contribution in [0, 0.1) is 6.92 Å². The van der Waals surface area contributed by atoms with E-state index in [1.54, 1.807) is 12.3 Å². The third kappa shape index (κ3) is 2.78. The monoisotopic (exact) mass is 367 g/mol. The quantitative estimate of drug-likeness (QED) is 0.568. The predicted octanol–water partition coefficient (Wildman–Crippen LogP) is 3.65. The van der Waals surface area contributed by atoms with Crippen LogP contribution in [-0.4, -0.2) is 22.4 Å². The summed E-state index contributed by atoms with van der Waals surface area (Å²) in [5, 5.41) is 6.97. The number of nitrogens with one attached hydrogen (secondary N) is 3. The third-order valence-corrected chi connectivity index (χ3v) is 4.97. The third-order valence-electron chi connectivity index (χ3n) is 4.56. The molecule has 1 aromatic carbocycles. The Morgan fingerprint density at radius 2 is 2.15 bits per heavy atom. The van der Waals surface area contributed by atoms with E-state index in [-0.39, 0.29) is 5.91 Å². The molecule has 0 atom stereocenters. The van der Waals surface area contributed by atoms with E-state index < -0.39 is 0 Å². The number of nitrogens with zero attached hydrogens (tertiary/aromatic N) is 1. The minimum atomic E-state index is -0.0991. The fraction of sp³-hybridized carbons (Fsp3) is 0.158. The molecule has 0 fully saturated rings. The molecular weight excluding hydrogens is 350 g/mol. The molecule has 1 aliphatic heterocycles. The number of hydrogen-bond donors (Lipinski definition) is 4. The molecule has 6 nitrogen and oxygen atoms in total. The topological polar surface area (TPSA) is 95.8 Å². The van der Waals surface area contributed by atoms with Crippen molar-refractivity contribution in [1.29, 1.82) is 0 Å². The first-order valence-electron chi connectivity index (χ1n) is 8.31. The Kier molecular flexibility index (Phi) is 4.05. The Hall–Kier alpha value is -2.99. The second-order valence-electron chi connectivity index (χ2n) is 6.24. The van der Waals surface area contributed by atoms with Gasteiger partial charge in [-0.25, -0.2) is 4.98 Å². The maximum absolute atomic E-state index is 12.5. The molecule has 3 aromatic rings. The van der Waals surface area contributed by atoms with E-state index in [1.807, 2.05) is 31.2 Å². The lowest BCUT2D eigenvalue weighted by molar-refractivity contribution is 0.0947. The summed E-state index contributed by atoms with van der Waals surface area (Å²) in [6.07, 6.45) is 2.39. The van der Waals surface area contributed by atoms with E-state index in [4.69, 9.17) is 17.3 Å². The Bertz CT molecular complexity index is 1010. The zero-order valence-electron chi connectivity index (χ0n) is 14.2. The number of aromatic amines is 1. The van der Waals surface area contributed by atoms with E-state index in [0.717, 1.165) is 34.6 Å². The Morgan fingerprint density at radius 1 is 1.31 bits per heavy atom. The first kappa shape index (κ1) is 16.5. The summed E-state index contributed by atoms with van der Waals surface area (Å²) in [5.74, 6) is 0.322. The lowest BCUT2D eigenvalue weighted by atomic mass is 10.0. The number of nitrogen functional groups attached to an aromatic ring is 1. The van der Waals surface area contributed by atoms with Crippen molar-refractivity contribution in [3.05, 3.63) is 58.4 Å². The summed E-state index contributed by atoms with van der Waals surface area (Å²) in [7, 11) is 0. The largest absolute Gasteiger partial charge is 0.384 e. The highest BCUT2D eigenvalue weighted by atomic mass is 35.5. The summed E-state index contributed by atoms with van der Waals surface area (Å²) in [4.78, 5) is 20.0. The maximum Gasteiger partial charge on any atom is 0.255 e. The number of amides is 1. The van der Waals surface area contributed by atoms with Crippen molar-refractivity contribution in [2.75, 3.05) is 17.6 Å². The lowest BCUT2D eigenvalue weighted by Crippen LogP contribution is -2.31. The lowest BCUT2D eigenvalue weighted by Gasteiger charge is -2.16. The first-order chi connectivity index (χ1) is 12.5. The molecule has 0 unspecified atom stereocenters. The van der Waals surface area contributed by atoms with Crippen LogP contribution in [0.3, 0.4) is 0 Å². The molecule has 0 saturated carbocycles. The molecule has 0 radical (unpaired) electrons. The molecule has 0 bridgehead atoms. The summed E-state index contributed by atoms with van der Waals surface area (Å²) < 4.78 is 0. The van der Waals surface area contributed by atoms with Crippen molar-refractivity contribution in [2.45, 2.75) is 13.3 Å². The Labute approximate surface area is 155 Å². The van der Waals surface area contributed by atoms with Gasteiger partial charge in [-0.3, -0.25) is 4.79 Å². The van der Waals surface area contributed by atoms with E-state index in [1.165, 1.54) is 0 Å². The summed E-state index contributed by atoms with van der Waals surface area (Å²) in [6.45, 7) is 2.55. The van der Waals surface area contributed by atoms with Crippen molar-refractivity contribution in [2.24, 2.45) is 0 Å². The number of pyridine rings is 1. The van der Waals surface area contributed by atoms with Gasteiger partial charge in [-0.15, -0.1) is 0 Å². The fourth-order valence-corrected chi connectivity index (χ4v) is 3.38. The van der Waals surface area contributed by atoms with Gasteiger partial charge in [0.05, 0.1) is 16.9 Å². The second kappa shape index (κ2) is 6.38. The summed E-state index contributed by atoms with van der Waals surface area (Å²) >= 11 is 6.25. The fourth-order valence-electron chi connectivity index (χ4n) is 3.20. The van der Waals surface area contributed by atoms with Gasteiger partial charge in [0.15, 0.2) is 0 Å². The number of fused-ring (bicyclic) bond motifs is 1. The molecule has 2 aromatic heterocycles. The minimum Gasteiger partial charge on any atom is -0.384 e. The molecule has 4 rings (SSSR count). The number of rotatable bonds is 3. The summed E-state index contributed by atoms with van der Waals surface area (Å²) in [5.41, 5.74) is 11.5. The Morgan fingerprint density at radius 3 is 2.96 bits per heavy atom. The molecular formula is C19H18ClN5O. The Balaban J connectivity index is 1.90. The molecule has 0 spiro atoms. The molecule has 0 saturated heterocycles. The number of aromatic nitrogens is 2. The van der Waals surface area contributed by atoms with Gasteiger partial charge in [-0.05, 0) is 36.8 Å². The number of hydrogen-bond acceptors (Lipinski definition) is 4. The standard InChI is InChI=1S/C19H18ClN5O/c1-10-12(20)3-2-4-13(10)24-18-16-14(6-8-23-19(16)26)25-17(18)11-5-7-22-15(21)9-11/h2-5,7,9,24-25H,6,8H2,1H3,(H2,21,22)(H,23,26). The number of H-pyrrole nitrogens is 1. The van der Waals surface area contributed by atoms with Gasteiger partial charge in [-0.1, -0.05) is 17.7 Å². The van der Waals surface area contributed by atoms with Crippen molar-refractivity contribution in [3.63, 3.8) is 0 Å². The van der Waals surface area contributed by atoms with Crippen LogP contribution in [0.1, 0.15) is 21.6 Å². The zero-order valence-corrected chi connectivity index (χ0v) is 14.9. The maximum atomic E-state index is 12.5. The van der Waals surface area contributed by atoms with Gasteiger partial charge >= 0.3 is 0 Å². The molecule has 5 N–H and O–H groups in total. The van der Waals surface area contributed by atoms with Gasteiger partial charge in [-0.2, -0.15) is 0 Å². The van der Waals surface area contributed by atoms with Crippen LogP contribution < -0.4 is 16.4 Å². The molecule has 0 aliphatic carbocycles. The first-order valence-corrected chi connectivity index (χ1v) is 8.69. The van der Waals surface area contributed by atoms with Gasteiger partial charge in [0.2, 0.25) is 0 Å². The predicted molar refractivity (Wildman–Crippen MR) is 104 cm³/mol. The average molecular weight is 368 g/mol. The summed E-state index contributed by atoms with van der Waals surface area (Å²) in [6, 6.07) is 9.30. The average Bonchev–Trinajstić information content (AvgIpc) is 2.99. The molecule has 26 heavy (non-hydrogen) atoms. The number of nitrogens with two attached hydrogens (primary N) is 1. The van der Waals surface area contributed by atoms with Crippen molar-refractivity contribution < 1.29 is 4.79 Å².